The fraction of sp³-hybridized carbons (Fsp3) is 0.333. The molecule has 3 rings (SSSR count). The van der Waals surface area contributed by atoms with E-state index in [1.165, 1.54) is 27.7 Å². The van der Waals surface area contributed by atoms with E-state index >= 15 is 0 Å². The van der Waals surface area contributed by atoms with Gasteiger partial charge in [0, 0.05) is 34.8 Å². The molecule has 0 unspecified atom stereocenters. The molecule has 0 atom stereocenters. The van der Waals surface area contributed by atoms with Gasteiger partial charge in [-0.2, -0.15) is 0 Å². The number of aromatic nitrogens is 1. The summed E-state index contributed by atoms with van der Waals surface area (Å²) in [6.45, 7) is 7.72. The SMILES string of the molecule is CC1=CNCC(C)(C)c2c1[nH]c1ccccc21. The first kappa shape index (κ1) is 10.5. The minimum Gasteiger partial charge on any atom is -0.390 e. The number of nitrogens with one attached hydrogen (secondary N) is 2. The number of fused-ring (bicyclic) bond motifs is 3. The second kappa shape index (κ2) is 3.39. The van der Waals surface area contributed by atoms with Crippen molar-refractivity contribution in [1.29, 1.82) is 0 Å². The highest BCUT2D eigenvalue weighted by atomic mass is 14.9. The number of rotatable bonds is 0. The molecule has 2 N–H and O–H groups in total. The lowest BCUT2D eigenvalue weighted by atomic mass is 9.82. The number of hydrogen-bond donors (Lipinski definition) is 2. The van der Waals surface area contributed by atoms with Gasteiger partial charge in [0.05, 0.1) is 0 Å². The zero-order valence-corrected chi connectivity index (χ0v) is 10.6. The van der Waals surface area contributed by atoms with Crippen LogP contribution in [0.4, 0.5) is 0 Å². The maximum Gasteiger partial charge on any atom is 0.0474 e. The fourth-order valence-electron chi connectivity index (χ4n) is 2.76. The molecule has 1 aromatic carbocycles. The van der Waals surface area contributed by atoms with Gasteiger partial charge in [-0.15, -0.1) is 0 Å². The van der Waals surface area contributed by atoms with Crippen molar-refractivity contribution in [3.05, 3.63) is 41.7 Å². The molecule has 17 heavy (non-hydrogen) atoms. The summed E-state index contributed by atoms with van der Waals surface area (Å²) in [6, 6.07) is 8.57. The Morgan fingerprint density at radius 1 is 1.18 bits per heavy atom. The molecule has 0 saturated heterocycles. The molecule has 0 saturated carbocycles. The number of allylic oxidation sites excluding steroid dienone is 1. The van der Waals surface area contributed by atoms with Gasteiger partial charge in [0.15, 0.2) is 0 Å². The first-order valence-corrected chi connectivity index (χ1v) is 6.11. The predicted molar refractivity (Wildman–Crippen MR) is 73.0 cm³/mol. The Morgan fingerprint density at radius 2 is 1.94 bits per heavy atom. The Kier molecular flexibility index (Phi) is 2.09. The van der Waals surface area contributed by atoms with E-state index < -0.39 is 0 Å². The molecule has 0 fully saturated rings. The fourth-order valence-corrected chi connectivity index (χ4v) is 2.76. The largest absolute Gasteiger partial charge is 0.390 e. The van der Waals surface area contributed by atoms with Crippen LogP contribution in [0.15, 0.2) is 30.5 Å². The lowest BCUT2D eigenvalue weighted by Gasteiger charge is -2.24. The summed E-state index contributed by atoms with van der Waals surface area (Å²) in [7, 11) is 0. The highest BCUT2D eigenvalue weighted by Gasteiger charge is 2.29. The third-order valence-electron chi connectivity index (χ3n) is 3.64. The molecule has 2 heteroatoms. The average molecular weight is 226 g/mol. The Labute approximate surface area is 102 Å². The zero-order chi connectivity index (χ0) is 12.0. The van der Waals surface area contributed by atoms with Gasteiger partial charge in [0.25, 0.3) is 0 Å². The van der Waals surface area contributed by atoms with E-state index in [1.54, 1.807) is 0 Å². The van der Waals surface area contributed by atoms with Crippen LogP contribution >= 0.6 is 0 Å². The monoisotopic (exact) mass is 226 g/mol. The molecule has 1 aliphatic heterocycles. The van der Waals surface area contributed by atoms with Crippen LogP contribution in [0.5, 0.6) is 0 Å². The van der Waals surface area contributed by atoms with E-state index in [1.807, 2.05) is 0 Å². The van der Waals surface area contributed by atoms with Crippen molar-refractivity contribution in [2.75, 3.05) is 6.54 Å². The van der Waals surface area contributed by atoms with Gasteiger partial charge >= 0.3 is 0 Å². The van der Waals surface area contributed by atoms with E-state index in [2.05, 4.69) is 61.5 Å². The molecule has 2 heterocycles. The first-order valence-electron chi connectivity index (χ1n) is 6.11. The van der Waals surface area contributed by atoms with E-state index in [0.717, 1.165) is 6.54 Å². The van der Waals surface area contributed by atoms with Crippen molar-refractivity contribution in [1.82, 2.24) is 10.3 Å². The van der Waals surface area contributed by atoms with Gasteiger partial charge in [-0.1, -0.05) is 32.0 Å². The third kappa shape index (κ3) is 1.47. The van der Waals surface area contributed by atoms with Gasteiger partial charge in [0.2, 0.25) is 0 Å². The number of H-pyrrole nitrogens is 1. The van der Waals surface area contributed by atoms with Crippen molar-refractivity contribution < 1.29 is 0 Å². The Bertz CT molecular complexity index is 602. The standard InChI is InChI=1S/C15H18N2/c1-10-8-16-9-15(2,3)13-11-6-4-5-7-12(11)17-14(10)13/h4-8,16-17H,9H2,1-3H3. The van der Waals surface area contributed by atoms with E-state index in [-0.39, 0.29) is 5.41 Å². The molecule has 0 bridgehead atoms. The molecule has 0 spiro atoms. The van der Waals surface area contributed by atoms with Crippen LogP contribution < -0.4 is 5.32 Å². The minimum absolute atomic E-state index is 0.142. The van der Waals surface area contributed by atoms with Crippen LogP contribution in [0.1, 0.15) is 32.0 Å². The van der Waals surface area contributed by atoms with Crippen LogP contribution in [0, 0.1) is 0 Å². The van der Waals surface area contributed by atoms with Crippen LogP contribution in [0.3, 0.4) is 0 Å². The summed E-state index contributed by atoms with van der Waals surface area (Å²) in [5.41, 5.74) is 5.37. The molecule has 0 amide bonds. The quantitative estimate of drug-likeness (QED) is 0.708. The third-order valence-corrected chi connectivity index (χ3v) is 3.64. The van der Waals surface area contributed by atoms with Gasteiger partial charge in [-0.25, -0.2) is 0 Å². The number of aromatic amines is 1. The highest BCUT2D eigenvalue weighted by molar-refractivity contribution is 5.90. The molecular weight excluding hydrogens is 208 g/mol. The van der Waals surface area contributed by atoms with Crippen molar-refractivity contribution in [3.63, 3.8) is 0 Å². The van der Waals surface area contributed by atoms with Crippen LogP contribution in [-0.4, -0.2) is 11.5 Å². The zero-order valence-electron chi connectivity index (χ0n) is 10.6. The lowest BCUT2D eigenvalue weighted by molar-refractivity contribution is 0.511. The summed E-state index contributed by atoms with van der Waals surface area (Å²) in [6.07, 6.45) is 2.11. The average Bonchev–Trinajstić information content (AvgIpc) is 2.63. The topological polar surface area (TPSA) is 27.8 Å². The highest BCUT2D eigenvalue weighted by Crippen LogP contribution is 2.37. The summed E-state index contributed by atoms with van der Waals surface area (Å²) < 4.78 is 0. The smallest absolute Gasteiger partial charge is 0.0474 e. The van der Waals surface area contributed by atoms with Gasteiger partial charge < -0.3 is 10.3 Å². The van der Waals surface area contributed by atoms with Crippen LogP contribution in [0.25, 0.3) is 16.5 Å². The van der Waals surface area contributed by atoms with Crippen LogP contribution in [-0.2, 0) is 5.41 Å². The Morgan fingerprint density at radius 3 is 2.76 bits per heavy atom. The summed E-state index contributed by atoms with van der Waals surface area (Å²) in [5.74, 6) is 0. The van der Waals surface area contributed by atoms with Crippen molar-refractivity contribution in [3.8, 4) is 0 Å². The van der Waals surface area contributed by atoms with E-state index in [0.29, 0.717) is 0 Å². The summed E-state index contributed by atoms with van der Waals surface area (Å²) >= 11 is 0. The Hall–Kier alpha value is -1.70. The summed E-state index contributed by atoms with van der Waals surface area (Å²) in [5, 5.41) is 4.75. The molecule has 1 aromatic heterocycles. The van der Waals surface area contributed by atoms with Crippen molar-refractivity contribution in [2.24, 2.45) is 0 Å². The molecule has 0 aliphatic carbocycles. The van der Waals surface area contributed by atoms with Crippen molar-refractivity contribution >= 4 is 16.5 Å². The molecule has 2 nitrogen and oxygen atoms in total. The maximum absolute atomic E-state index is 3.55. The molecule has 1 aliphatic rings. The number of hydrogen-bond acceptors (Lipinski definition) is 1. The Balaban J connectivity index is 2.41. The number of para-hydroxylation sites is 1. The molecule has 2 aromatic rings. The molecule has 88 valence electrons. The van der Waals surface area contributed by atoms with E-state index in [9.17, 15) is 0 Å². The minimum atomic E-state index is 0.142. The second-order valence-electron chi connectivity index (χ2n) is 5.51. The van der Waals surface area contributed by atoms with Gasteiger partial charge in [-0.05, 0) is 24.1 Å². The predicted octanol–water partition coefficient (Wildman–Crippen LogP) is 3.41. The van der Waals surface area contributed by atoms with Gasteiger partial charge in [0.1, 0.15) is 0 Å². The van der Waals surface area contributed by atoms with Crippen molar-refractivity contribution in [2.45, 2.75) is 26.2 Å². The maximum atomic E-state index is 3.55. The lowest BCUT2D eigenvalue weighted by Crippen LogP contribution is -2.29. The normalized spacial score (nSPS) is 18.2. The summed E-state index contributed by atoms with van der Waals surface area (Å²) in [4.78, 5) is 3.55. The molecular formula is C15H18N2. The molecule has 0 radical (unpaired) electrons. The van der Waals surface area contributed by atoms with Gasteiger partial charge in [-0.3, -0.25) is 0 Å². The number of benzene rings is 1. The first-order chi connectivity index (χ1) is 8.09. The second-order valence-corrected chi connectivity index (χ2v) is 5.51. The van der Waals surface area contributed by atoms with Crippen LogP contribution in [0.2, 0.25) is 0 Å². The van der Waals surface area contributed by atoms with E-state index in [4.69, 9.17) is 0 Å².